The third-order valence-electron chi connectivity index (χ3n) is 25.7. The molecule has 1 aliphatic heterocycles. The lowest BCUT2D eigenvalue weighted by atomic mass is 9.82. The lowest BCUT2D eigenvalue weighted by molar-refractivity contribution is -0.141. The Kier molecular flexibility index (Phi) is 30.5. The number of aliphatic hydroxyl groups is 2. The molecule has 16 heteroatoms. The number of hydrogen-bond acceptors (Lipinski definition) is 12. The van der Waals surface area contributed by atoms with Crippen molar-refractivity contribution in [1.29, 1.82) is 0 Å². The summed E-state index contributed by atoms with van der Waals surface area (Å²) in [5, 5.41) is 21.4. The van der Waals surface area contributed by atoms with Crippen molar-refractivity contribution in [3.05, 3.63) is 197 Å². The zero-order valence-corrected chi connectivity index (χ0v) is 80.1. The first-order valence-electron chi connectivity index (χ1n) is 41.9. The minimum Gasteiger partial charge on any atom is -0.492 e. The number of esters is 1. The third kappa shape index (κ3) is 22.4. The van der Waals surface area contributed by atoms with E-state index >= 15 is 0 Å². The van der Waals surface area contributed by atoms with Crippen molar-refractivity contribution in [3.63, 3.8) is 0 Å². The summed E-state index contributed by atoms with van der Waals surface area (Å²) in [6.07, 6.45) is 10.9. The van der Waals surface area contributed by atoms with E-state index in [9.17, 15) is 15.0 Å². The van der Waals surface area contributed by atoms with Crippen LogP contribution in [0.5, 0.6) is 11.5 Å². The van der Waals surface area contributed by atoms with Gasteiger partial charge in [-0.1, -0.05) is 252 Å². The molecule has 0 spiro atoms. The van der Waals surface area contributed by atoms with Gasteiger partial charge < -0.3 is 51.9 Å². The summed E-state index contributed by atoms with van der Waals surface area (Å²) in [6.45, 7) is 61.4. The van der Waals surface area contributed by atoms with Gasteiger partial charge in [-0.25, -0.2) is 0 Å². The van der Waals surface area contributed by atoms with Crippen LogP contribution < -0.4 is 9.47 Å². The first-order valence-corrected chi connectivity index (χ1v) is 51.5. The number of methoxy groups -OCH3 is 4. The fourth-order valence-electron chi connectivity index (χ4n) is 16.5. The van der Waals surface area contributed by atoms with Crippen LogP contribution in [-0.4, -0.2) is 76.2 Å². The first-order chi connectivity index (χ1) is 52.2. The smallest absolute Gasteiger partial charge is 0.306 e. The molecular weight excluding hydrogens is 1520 g/mol. The second-order valence-electron chi connectivity index (χ2n) is 41.6. The van der Waals surface area contributed by atoms with Crippen LogP contribution in [0, 0.1) is 21.7 Å². The Morgan fingerprint density at radius 2 is 0.770 bits per heavy atom. The van der Waals surface area contributed by atoms with Crippen LogP contribution in [0.25, 0.3) is 0 Å². The molecule has 5 aliphatic carbocycles. The molecule has 6 aliphatic rings. The minimum atomic E-state index is -1.78. The molecule has 4 unspecified atom stereocenters. The van der Waals surface area contributed by atoms with Gasteiger partial charge in [0, 0.05) is 43.3 Å². The highest BCUT2D eigenvalue weighted by molar-refractivity contribution is 9.10. The van der Waals surface area contributed by atoms with E-state index in [0.717, 1.165) is 92.4 Å². The van der Waals surface area contributed by atoms with Gasteiger partial charge in [-0.3, -0.25) is 4.79 Å². The van der Waals surface area contributed by atoms with Crippen molar-refractivity contribution in [1.82, 2.24) is 0 Å². The van der Waals surface area contributed by atoms with Gasteiger partial charge in [0.25, 0.3) is 0 Å². The number of halogens is 1. The first kappa shape index (κ1) is 93.7. The molecule has 10 atom stereocenters. The van der Waals surface area contributed by atoms with Crippen LogP contribution >= 0.6 is 15.9 Å². The van der Waals surface area contributed by atoms with Crippen LogP contribution in [-0.2, 0) is 69.1 Å². The van der Waals surface area contributed by atoms with Gasteiger partial charge in [-0.15, -0.1) is 0 Å². The second-order valence-corrected chi connectivity index (χ2v) is 56.7. The van der Waals surface area contributed by atoms with Crippen LogP contribution in [0.3, 0.4) is 0 Å². The molecule has 0 aromatic heterocycles. The molecule has 0 bridgehead atoms. The Morgan fingerprint density at radius 1 is 0.434 bits per heavy atom. The predicted molar refractivity (Wildman–Crippen MR) is 476 cm³/mol. The SMILES string of the molecule is CC(C)(C)C(O)c1cccc2c1CC[C@@H]2O[Si](C)(C)C(C)(C)C.CC(C)(C)[Si](C)(C)O[C@H]1CCc2c(Br)cccc21.COC(=O)C[C@@H]1COc2cc(O[C@@H]3CCc4c(C(OC)C(C)(C)C)cccc43)ccc21.COC(c1cccc2c1CC[C@@H]2O)C(C)(C)C.COC(c1cccc2c1CC[C@@H]2O[Si](C)(C)C(C)(C)C)C(C)(C)C. The summed E-state index contributed by atoms with van der Waals surface area (Å²) in [5.74, 6) is 1.41. The van der Waals surface area contributed by atoms with Crippen molar-refractivity contribution in [2.24, 2.45) is 21.7 Å². The zero-order valence-electron chi connectivity index (χ0n) is 75.5. The number of rotatable bonds is 17. The van der Waals surface area contributed by atoms with E-state index in [0.29, 0.717) is 19.1 Å². The molecule has 113 heavy (non-hydrogen) atoms. The number of carbonyl (C=O) groups is 1. The maximum absolute atomic E-state index is 11.6. The van der Waals surface area contributed by atoms with Crippen LogP contribution in [0.4, 0.5) is 0 Å². The highest BCUT2D eigenvalue weighted by atomic mass is 79.9. The summed E-state index contributed by atoms with van der Waals surface area (Å²) in [5.41, 5.74) is 19.3. The van der Waals surface area contributed by atoms with Crippen molar-refractivity contribution in [2.75, 3.05) is 35.0 Å². The quantitative estimate of drug-likeness (QED) is 0.0663. The average Bonchev–Trinajstić information content (AvgIpc) is 1.68. The molecule has 1 heterocycles. The Labute approximate surface area is 695 Å². The maximum atomic E-state index is 11.6. The molecule has 2 N–H and O–H groups in total. The maximum Gasteiger partial charge on any atom is 0.306 e. The summed E-state index contributed by atoms with van der Waals surface area (Å²) >= 11 is 3.65. The molecule has 626 valence electrons. The largest absolute Gasteiger partial charge is 0.492 e. The normalized spacial score (nSPS) is 20.5. The molecule has 0 saturated carbocycles. The lowest BCUT2D eigenvalue weighted by Gasteiger charge is -2.38. The number of ether oxygens (including phenoxy) is 6. The number of fused-ring (bicyclic) bond motifs is 6. The topological polar surface area (TPSA) is 141 Å². The van der Waals surface area contributed by atoms with E-state index in [2.05, 4.69) is 279 Å². The Morgan fingerprint density at radius 3 is 1.15 bits per heavy atom. The molecule has 0 amide bonds. The van der Waals surface area contributed by atoms with E-state index in [-0.39, 0.29) is 91.4 Å². The molecule has 0 fully saturated rings. The standard InChI is InChI=1S/C26H32O5.C21H36O2Si.C20H34O2Si.C15H23BrOSi.C15H22O2/c1-26(2,3)25(29-5)21-8-6-7-20-19(21)11-12-22(20)31-17-9-10-18-16(13-24(27)28-4)15-30-23(18)14-17;1-20(2,3)19(22-7)17-12-10-11-16-15(17)13-14-18(16)23-24(8,9)21(4,5)6;1-19(2,3)18(21)16-11-9-10-15-14(16)12-13-17(15)22-23(7,8)20(4,5)6;1-15(2,3)18(4,5)17-14-10-9-11-12(14)7-6-8-13(11)16;1-15(2,3)14(17-4)12-7-5-6-11-10(12)8-9-13(11)16/h6-10,14,16,22,25H,11-13,15H2,1-5H3;10-12,18-19H,13-14H2,1-9H3;9-11,17-18,21H,12-13H2,1-8H3;6-8,14H,9-10H2,1-5H3;5-7,13-14,16H,8-9H2,1-4H3/t16-,22-,25?;18-,19?;17-,18?;14-;13-,14?/m10000/s1. The number of carbonyl (C=O) groups excluding carboxylic acids is 1. The second kappa shape index (κ2) is 36.8. The molecule has 0 radical (unpaired) electrons. The Bertz CT molecular complexity index is 4170. The molecule has 12 nitrogen and oxygen atoms in total. The van der Waals surface area contributed by atoms with Crippen molar-refractivity contribution >= 4 is 46.9 Å². The number of benzene rings is 6. The van der Waals surface area contributed by atoms with Gasteiger partial charge in [-0.2, -0.15) is 0 Å². The Balaban J connectivity index is 0.000000180. The molecule has 6 aromatic carbocycles. The molecule has 6 aromatic rings. The predicted octanol–water partition coefficient (Wildman–Crippen LogP) is 26.6. The van der Waals surface area contributed by atoms with Crippen molar-refractivity contribution < 1.29 is 56.7 Å². The number of aliphatic hydroxyl groups excluding tert-OH is 2. The molecule has 12 rings (SSSR count). The van der Waals surface area contributed by atoms with Gasteiger partial charge in [0.1, 0.15) is 17.6 Å². The fraction of sp³-hybridized carbons (Fsp3) is 0.619. The number of hydrogen-bond donors (Lipinski definition) is 2. The van der Waals surface area contributed by atoms with Crippen molar-refractivity contribution in [2.45, 2.75) is 331 Å². The van der Waals surface area contributed by atoms with Crippen molar-refractivity contribution in [3.8, 4) is 11.5 Å². The average molecular weight is 1670 g/mol. The van der Waals surface area contributed by atoms with Gasteiger partial charge in [0.05, 0.1) is 69.0 Å². The van der Waals surface area contributed by atoms with Gasteiger partial charge >= 0.3 is 5.97 Å². The summed E-state index contributed by atoms with van der Waals surface area (Å²) in [7, 11) is 1.58. The summed E-state index contributed by atoms with van der Waals surface area (Å²) in [6, 6.07) is 38.1. The Hall–Kier alpha value is -4.80. The third-order valence-corrected chi connectivity index (χ3v) is 39.9. The van der Waals surface area contributed by atoms with E-state index in [1.165, 1.54) is 78.3 Å². The lowest BCUT2D eigenvalue weighted by Crippen LogP contribution is -2.41. The van der Waals surface area contributed by atoms with E-state index < -0.39 is 31.1 Å². The van der Waals surface area contributed by atoms with Gasteiger partial charge in [0.15, 0.2) is 25.0 Å². The highest BCUT2D eigenvalue weighted by Gasteiger charge is 2.46. The van der Waals surface area contributed by atoms with E-state index in [4.69, 9.17) is 41.7 Å². The summed E-state index contributed by atoms with van der Waals surface area (Å²) < 4.78 is 55.7. The fourth-order valence-corrected chi connectivity index (χ4v) is 21.0. The zero-order chi connectivity index (χ0) is 84.3. The van der Waals surface area contributed by atoms with Crippen LogP contribution in [0.15, 0.2) is 114 Å². The van der Waals surface area contributed by atoms with E-state index in [1.54, 1.807) is 14.2 Å². The van der Waals surface area contributed by atoms with Gasteiger partial charge in [-0.05, 0) is 230 Å². The van der Waals surface area contributed by atoms with Crippen LogP contribution in [0.2, 0.25) is 54.4 Å². The molecule has 0 saturated heterocycles. The molecular formula is C97H147BrO12Si3. The summed E-state index contributed by atoms with van der Waals surface area (Å²) in [4.78, 5) is 11.6. The highest BCUT2D eigenvalue weighted by Crippen LogP contribution is 2.52. The van der Waals surface area contributed by atoms with Crippen LogP contribution in [0.1, 0.15) is 328 Å². The minimum absolute atomic E-state index is 0.0118. The van der Waals surface area contributed by atoms with Gasteiger partial charge in [0.2, 0.25) is 0 Å². The van der Waals surface area contributed by atoms with E-state index in [1.807, 2.05) is 37.4 Å². The monoisotopic (exact) mass is 1670 g/mol.